The molecule has 0 amide bonds. The van der Waals surface area contributed by atoms with Crippen LogP contribution in [0.4, 0.5) is 0 Å². The van der Waals surface area contributed by atoms with Gasteiger partial charge in [-0.1, -0.05) is 97.1 Å². The molecule has 144 valence electrons. The van der Waals surface area contributed by atoms with Crippen LogP contribution < -0.4 is 20.7 Å². The Morgan fingerprint density at radius 3 is 1.10 bits per heavy atom. The van der Waals surface area contributed by atoms with Crippen molar-refractivity contribution >= 4 is 28.8 Å². The predicted molar refractivity (Wildman–Crippen MR) is 129 cm³/mol. The maximum Gasteiger partial charge on any atom is 0.179 e. The molecule has 0 radical (unpaired) electrons. The van der Waals surface area contributed by atoms with Crippen molar-refractivity contribution in [3.63, 3.8) is 0 Å². The second-order valence-electron chi connectivity index (χ2n) is 8.08. The minimum atomic E-state index is -2.41. The van der Waals surface area contributed by atoms with Crippen molar-refractivity contribution in [2.45, 2.75) is 27.7 Å². The largest absolute Gasteiger partial charge is 0.179 e. The van der Waals surface area contributed by atoms with Gasteiger partial charge in [-0.25, -0.2) is 0 Å². The molecule has 4 aromatic carbocycles. The zero-order chi connectivity index (χ0) is 20.4. The molecule has 0 heterocycles. The number of hydrogen-bond acceptors (Lipinski definition) is 0. The van der Waals surface area contributed by atoms with Gasteiger partial charge in [0.25, 0.3) is 0 Å². The van der Waals surface area contributed by atoms with Crippen molar-refractivity contribution in [3.8, 4) is 0 Å². The Morgan fingerprint density at radius 1 is 0.379 bits per heavy atom. The van der Waals surface area contributed by atoms with Gasteiger partial charge in [0.05, 0.1) is 0 Å². The van der Waals surface area contributed by atoms with E-state index in [4.69, 9.17) is 0 Å². The Bertz CT molecular complexity index is 1030. The fourth-order valence-electron chi connectivity index (χ4n) is 4.33. The predicted octanol–water partition coefficient (Wildman–Crippen LogP) is 4.30. The fraction of sp³-hybridized carbons (Fsp3) is 0.143. The second kappa shape index (κ2) is 7.85. The van der Waals surface area contributed by atoms with Crippen LogP contribution in [0.1, 0.15) is 22.3 Å². The van der Waals surface area contributed by atoms with Crippen LogP contribution in [0.5, 0.6) is 0 Å². The average molecular weight is 393 g/mol. The van der Waals surface area contributed by atoms with Crippen molar-refractivity contribution in [1.29, 1.82) is 0 Å². The first-order valence-electron chi connectivity index (χ1n) is 10.3. The molecule has 0 aliphatic rings. The summed E-state index contributed by atoms with van der Waals surface area (Å²) in [6.07, 6.45) is 0. The summed E-state index contributed by atoms with van der Waals surface area (Å²) < 4.78 is 0. The van der Waals surface area contributed by atoms with Crippen LogP contribution in [0.2, 0.25) is 0 Å². The normalized spacial score (nSPS) is 11.4. The molecule has 0 aliphatic carbocycles. The summed E-state index contributed by atoms with van der Waals surface area (Å²) in [4.78, 5) is 0. The van der Waals surface area contributed by atoms with Crippen molar-refractivity contribution < 1.29 is 0 Å². The second-order valence-corrected chi connectivity index (χ2v) is 11.9. The Balaban J connectivity index is 2.16. The summed E-state index contributed by atoms with van der Waals surface area (Å²) in [6, 6.07) is 36.4. The lowest BCUT2D eigenvalue weighted by Gasteiger charge is -2.35. The molecule has 0 saturated carbocycles. The Hall–Kier alpha value is -2.90. The highest BCUT2D eigenvalue weighted by atomic mass is 28.3. The monoisotopic (exact) mass is 392 g/mol. The molecular formula is C28H28Si. The van der Waals surface area contributed by atoms with E-state index in [1.165, 1.54) is 43.0 Å². The van der Waals surface area contributed by atoms with Crippen LogP contribution >= 0.6 is 0 Å². The quantitative estimate of drug-likeness (QED) is 0.359. The first-order chi connectivity index (χ1) is 14.0. The number of aryl methyl sites for hydroxylation is 4. The van der Waals surface area contributed by atoms with Crippen LogP contribution in [0.15, 0.2) is 97.1 Å². The van der Waals surface area contributed by atoms with Gasteiger partial charge in [0.15, 0.2) is 8.07 Å². The molecule has 0 fully saturated rings. The Kier molecular flexibility index (Phi) is 5.25. The van der Waals surface area contributed by atoms with Crippen LogP contribution in [-0.4, -0.2) is 8.07 Å². The summed E-state index contributed by atoms with van der Waals surface area (Å²) in [6.45, 7) is 8.86. The maximum absolute atomic E-state index is 2.43. The molecule has 29 heavy (non-hydrogen) atoms. The molecule has 0 saturated heterocycles. The highest BCUT2D eigenvalue weighted by Crippen LogP contribution is 2.14. The van der Waals surface area contributed by atoms with Gasteiger partial charge in [-0.15, -0.1) is 0 Å². The molecule has 1 heteroatoms. The zero-order valence-corrected chi connectivity index (χ0v) is 18.7. The average Bonchev–Trinajstić information content (AvgIpc) is 2.75. The van der Waals surface area contributed by atoms with Gasteiger partial charge in [-0.3, -0.25) is 0 Å². The van der Waals surface area contributed by atoms with Gasteiger partial charge in [0.1, 0.15) is 0 Å². The van der Waals surface area contributed by atoms with E-state index in [0.717, 1.165) is 0 Å². The summed E-state index contributed by atoms with van der Waals surface area (Å²) in [7, 11) is -2.41. The first-order valence-corrected chi connectivity index (χ1v) is 12.3. The van der Waals surface area contributed by atoms with Crippen LogP contribution in [0.25, 0.3) is 0 Å². The van der Waals surface area contributed by atoms with Gasteiger partial charge in [-0.05, 0) is 70.7 Å². The molecule has 0 atom stereocenters. The van der Waals surface area contributed by atoms with Crippen molar-refractivity contribution in [3.05, 3.63) is 119 Å². The minimum Gasteiger partial charge on any atom is -0.0623 e. The molecule has 0 unspecified atom stereocenters. The van der Waals surface area contributed by atoms with E-state index in [1.807, 2.05) is 0 Å². The molecule has 0 spiro atoms. The van der Waals surface area contributed by atoms with Crippen molar-refractivity contribution in [1.82, 2.24) is 0 Å². The van der Waals surface area contributed by atoms with Crippen molar-refractivity contribution in [2.75, 3.05) is 0 Å². The fourth-order valence-corrected chi connectivity index (χ4v) is 9.24. The molecule has 4 rings (SSSR count). The van der Waals surface area contributed by atoms with E-state index in [2.05, 4.69) is 125 Å². The van der Waals surface area contributed by atoms with E-state index in [9.17, 15) is 0 Å². The van der Waals surface area contributed by atoms with Gasteiger partial charge >= 0.3 is 0 Å². The number of rotatable bonds is 4. The lowest BCUT2D eigenvalue weighted by molar-refractivity contribution is 1.35. The van der Waals surface area contributed by atoms with E-state index in [-0.39, 0.29) is 0 Å². The number of hydrogen-bond donors (Lipinski definition) is 0. The van der Waals surface area contributed by atoms with Gasteiger partial charge < -0.3 is 0 Å². The maximum atomic E-state index is 2.43. The molecule has 0 bridgehead atoms. The standard InChI is InChI=1S/C28H28Si/c1-21-15-17-27(19-23(21)3)29(25-11-7-5-8-12-25,26-13-9-6-10-14-26)28-18-16-22(2)24(4)20-28/h5-20H,1-4H3. The minimum absolute atomic E-state index is 1.35. The third kappa shape index (κ3) is 3.36. The summed E-state index contributed by atoms with van der Waals surface area (Å²) in [5.74, 6) is 0. The molecule has 0 aliphatic heterocycles. The molecule has 4 aromatic rings. The summed E-state index contributed by atoms with van der Waals surface area (Å²) >= 11 is 0. The van der Waals surface area contributed by atoms with E-state index < -0.39 is 8.07 Å². The SMILES string of the molecule is Cc1ccc([Si](c2ccccc2)(c2ccccc2)c2ccc(C)c(C)c2)cc1C. The van der Waals surface area contributed by atoms with E-state index in [1.54, 1.807) is 0 Å². The highest BCUT2D eigenvalue weighted by molar-refractivity contribution is 7.19. The Labute approximate surface area is 175 Å². The topological polar surface area (TPSA) is 0 Å². The summed E-state index contributed by atoms with van der Waals surface area (Å²) in [5.41, 5.74) is 5.40. The van der Waals surface area contributed by atoms with E-state index >= 15 is 0 Å². The van der Waals surface area contributed by atoms with E-state index in [0.29, 0.717) is 0 Å². The lowest BCUT2D eigenvalue weighted by Crippen LogP contribution is -2.74. The molecular weight excluding hydrogens is 364 g/mol. The first kappa shape index (κ1) is 19.4. The highest BCUT2D eigenvalue weighted by Gasteiger charge is 2.41. The van der Waals surface area contributed by atoms with Crippen LogP contribution in [0, 0.1) is 27.7 Å². The summed E-state index contributed by atoms with van der Waals surface area (Å²) in [5, 5.41) is 5.75. The molecule has 0 nitrogen and oxygen atoms in total. The third-order valence-corrected chi connectivity index (χ3v) is 11.0. The molecule has 0 aromatic heterocycles. The van der Waals surface area contributed by atoms with Gasteiger partial charge in [0.2, 0.25) is 0 Å². The smallest absolute Gasteiger partial charge is 0.0623 e. The van der Waals surface area contributed by atoms with Gasteiger partial charge in [0, 0.05) is 0 Å². The van der Waals surface area contributed by atoms with Crippen molar-refractivity contribution in [2.24, 2.45) is 0 Å². The Morgan fingerprint density at radius 2 is 0.759 bits per heavy atom. The van der Waals surface area contributed by atoms with Crippen LogP contribution in [-0.2, 0) is 0 Å². The third-order valence-electron chi connectivity index (χ3n) is 6.29. The molecule has 0 N–H and O–H groups in total. The van der Waals surface area contributed by atoms with Gasteiger partial charge in [-0.2, -0.15) is 0 Å². The number of benzene rings is 4. The zero-order valence-electron chi connectivity index (χ0n) is 17.7. The lowest BCUT2D eigenvalue weighted by atomic mass is 10.1. The van der Waals surface area contributed by atoms with Crippen LogP contribution in [0.3, 0.4) is 0 Å².